The second-order valence-electron chi connectivity index (χ2n) is 5.10. The molecule has 0 aromatic carbocycles. The van der Waals surface area contributed by atoms with Crippen molar-refractivity contribution in [2.75, 3.05) is 13.1 Å². The minimum atomic E-state index is -4.86. The zero-order valence-electron chi connectivity index (χ0n) is 10.5. The fourth-order valence-corrected chi connectivity index (χ4v) is 3.06. The molecule has 0 bridgehead atoms. The van der Waals surface area contributed by atoms with Gasteiger partial charge in [0.2, 0.25) is 0 Å². The Morgan fingerprint density at radius 1 is 1.18 bits per heavy atom. The summed E-state index contributed by atoms with van der Waals surface area (Å²) in [6.07, 6.45) is 5.76. The second kappa shape index (κ2) is 6.57. The van der Waals surface area contributed by atoms with Crippen molar-refractivity contribution in [3.05, 3.63) is 12.1 Å². The molecular formula is C11H18BF3KN. The van der Waals surface area contributed by atoms with Crippen LogP contribution in [0.15, 0.2) is 12.1 Å². The standard InChI is InChI=1S/C11H18BF3N.K/c1-9(12(13,14)15)8-16-7-6-10-4-2-3-5-11(10)16;/h10-11H,1-8H2;/q-1;+1. The van der Waals surface area contributed by atoms with Gasteiger partial charge in [-0.15, -0.1) is 12.1 Å². The maximum atomic E-state index is 12.5. The van der Waals surface area contributed by atoms with E-state index in [9.17, 15) is 12.9 Å². The van der Waals surface area contributed by atoms with E-state index >= 15 is 0 Å². The molecule has 0 N–H and O–H groups in total. The first-order valence-electron chi connectivity index (χ1n) is 6.10. The number of nitrogens with zero attached hydrogens (tertiary/aromatic N) is 1. The molecule has 0 spiro atoms. The van der Waals surface area contributed by atoms with Crippen LogP contribution in [0.5, 0.6) is 0 Å². The Hall–Kier alpha value is 1.19. The minimum absolute atomic E-state index is 0. The summed E-state index contributed by atoms with van der Waals surface area (Å²) >= 11 is 0. The van der Waals surface area contributed by atoms with Crippen LogP contribution in [0.25, 0.3) is 0 Å². The maximum absolute atomic E-state index is 12.5. The molecule has 6 heteroatoms. The molecular weight excluding hydrogens is 253 g/mol. The van der Waals surface area contributed by atoms with E-state index in [1.165, 1.54) is 19.3 Å². The van der Waals surface area contributed by atoms with E-state index in [-0.39, 0.29) is 57.9 Å². The number of fused-ring (bicyclic) bond motifs is 1. The normalized spacial score (nSPS) is 29.6. The molecule has 17 heavy (non-hydrogen) atoms. The maximum Gasteiger partial charge on any atom is 1.00 e. The van der Waals surface area contributed by atoms with Crippen LogP contribution in [0.3, 0.4) is 0 Å². The van der Waals surface area contributed by atoms with Gasteiger partial charge in [-0.3, -0.25) is 4.90 Å². The van der Waals surface area contributed by atoms with Gasteiger partial charge in [-0.05, 0) is 38.3 Å². The Morgan fingerprint density at radius 3 is 2.47 bits per heavy atom. The molecule has 2 rings (SSSR count). The molecule has 0 aromatic heterocycles. The number of hydrogen-bond acceptors (Lipinski definition) is 1. The molecule has 1 saturated heterocycles. The van der Waals surface area contributed by atoms with Crippen LogP contribution in [0.1, 0.15) is 32.1 Å². The third kappa shape index (κ3) is 4.08. The first-order chi connectivity index (χ1) is 7.48. The SMILES string of the molecule is C=C(CN1CCC2CCCCC21)[B-](F)(F)F.[K+]. The third-order valence-electron chi connectivity index (χ3n) is 3.99. The smallest absolute Gasteiger partial charge is 0.445 e. The van der Waals surface area contributed by atoms with E-state index in [4.69, 9.17) is 0 Å². The van der Waals surface area contributed by atoms with Gasteiger partial charge in [0.15, 0.2) is 0 Å². The molecule has 2 atom stereocenters. The van der Waals surface area contributed by atoms with Gasteiger partial charge in [-0.2, -0.15) is 0 Å². The fraction of sp³-hybridized carbons (Fsp3) is 0.818. The fourth-order valence-electron chi connectivity index (χ4n) is 3.06. The molecule has 2 aliphatic rings. The Morgan fingerprint density at radius 2 is 1.82 bits per heavy atom. The van der Waals surface area contributed by atoms with Gasteiger partial charge in [0, 0.05) is 6.04 Å². The quantitative estimate of drug-likeness (QED) is 0.663. The number of halogens is 3. The summed E-state index contributed by atoms with van der Waals surface area (Å²) in [7, 11) is 0. The number of likely N-dealkylation sites (tertiary alicyclic amines) is 1. The summed E-state index contributed by atoms with van der Waals surface area (Å²) < 4.78 is 37.4. The summed E-state index contributed by atoms with van der Waals surface area (Å²) in [5, 5.41) is 0. The van der Waals surface area contributed by atoms with E-state index in [0.717, 1.165) is 19.4 Å². The van der Waals surface area contributed by atoms with Crippen LogP contribution in [-0.4, -0.2) is 31.0 Å². The van der Waals surface area contributed by atoms with E-state index in [2.05, 4.69) is 6.58 Å². The van der Waals surface area contributed by atoms with Crippen molar-refractivity contribution in [2.24, 2.45) is 5.92 Å². The molecule has 2 unspecified atom stereocenters. The molecule has 92 valence electrons. The molecule has 1 heterocycles. The van der Waals surface area contributed by atoms with Crippen LogP contribution in [0.2, 0.25) is 0 Å². The van der Waals surface area contributed by atoms with Crippen LogP contribution in [0.4, 0.5) is 12.9 Å². The van der Waals surface area contributed by atoms with Gasteiger partial charge in [-0.25, -0.2) is 0 Å². The monoisotopic (exact) mass is 271 g/mol. The summed E-state index contributed by atoms with van der Waals surface area (Å²) in [4.78, 5) is 2.00. The molecule has 0 radical (unpaired) electrons. The molecule has 0 aromatic rings. The summed E-state index contributed by atoms with van der Waals surface area (Å²) in [6.45, 7) is -0.815. The van der Waals surface area contributed by atoms with Crippen molar-refractivity contribution < 1.29 is 64.3 Å². The summed E-state index contributed by atoms with van der Waals surface area (Å²) in [5.74, 6) is 0.641. The molecule has 1 saturated carbocycles. The molecule has 1 nitrogen and oxygen atoms in total. The van der Waals surface area contributed by atoms with E-state index in [1.807, 2.05) is 4.90 Å². The minimum Gasteiger partial charge on any atom is -0.445 e. The van der Waals surface area contributed by atoms with Crippen LogP contribution in [-0.2, 0) is 0 Å². The van der Waals surface area contributed by atoms with Gasteiger partial charge < -0.3 is 12.9 Å². The summed E-state index contributed by atoms with van der Waals surface area (Å²) in [5.41, 5.74) is -0.536. The van der Waals surface area contributed by atoms with Gasteiger partial charge >= 0.3 is 58.4 Å². The van der Waals surface area contributed by atoms with Crippen LogP contribution in [0, 0.1) is 5.92 Å². The van der Waals surface area contributed by atoms with E-state index < -0.39 is 12.4 Å². The molecule has 1 aliphatic heterocycles. The number of hydrogen-bond donors (Lipinski definition) is 0. The summed E-state index contributed by atoms with van der Waals surface area (Å²) in [6, 6.07) is 0.392. The third-order valence-corrected chi connectivity index (χ3v) is 3.99. The van der Waals surface area contributed by atoms with E-state index in [0.29, 0.717) is 12.0 Å². The van der Waals surface area contributed by atoms with Crippen molar-refractivity contribution in [3.8, 4) is 0 Å². The topological polar surface area (TPSA) is 3.24 Å². The molecule has 1 aliphatic carbocycles. The first-order valence-corrected chi connectivity index (χ1v) is 6.10. The molecule has 2 fully saturated rings. The van der Waals surface area contributed by atoms with Gasteiger partial charge in [0.05, 0.1) is 0 Å². The molecule has 0 amide bonds. The zero-order chi connectivity index (χ0) is 11.8. The first kappa shape index (κ1) is 16.2. The van der Waals surface area contributed by atoms with Gasteiger partial charge in [-0.1, -0.05) is 12.8 Å². The van der Waals surface area contributed by atoms with E-state index in [1.54, 1.807) is 0 Å². The Kier molecular flexibility index (Phi) is 6.28. The van der Waals surface area contributed by atoms with Crippen molar-refractivity contribution in [2.45, 2.75) is 38.1 Å². The predicted molar refractivity (Wildman–Crippen MR) is 60.2 cm³/mol. The van der Waals surface area contributed by atoms with Gasteiger partial charge in [0.1, 0.15) is 0 Å². The Bertz CT molecular complexity index is 282. The van der Waals surface area contributed by atoms with Crippen molar-refractivity contribution in [3.63, 3.8) is 0 Å². The number of rotatable bonds is 3. The second-order valence-corrected chi connectivity index (χ2v) is 5.10. The van der Waals surface area contributed by atoms with Crippen molar-refractivity contribution in [1.29, 1.82) is 0 Å². The van der Waals surface area contributed by atoms with Gasteiger partial charge in [0.25, 0.3) is 0 Å². The van der Waals surface area contributed by atoms with Crippen molar-refractivity contribution in [1.82, 2.24) is 4.90 Å². The average molecular weight is 271 g/mol. The van der Waals surface area contributed by atoms with Crippen LogP contribution >= 0.6 is 0 Å². The zero-order valence-corrected chi connectivity index (χ0v) is 13.6. The Balaban J connectivity index is 0.00000144. The Labute approximate surface area is 144 Å². The largest absolute Gasteiger partial charge is 1.00 e. The van der Waals surface area contributed by atoms with Crippen molar-refractivity contribution >= 4 is 6.98 Å². The average Bonchev–Trinajstić information content (AvgIpc) is 2.61. The predicted octanol–water partition coefficient (Wildman–Crippen LogP) is 0.198. The van der Waals surface area contributed by atoms with Crippen LogP contribution < -0.4 is 51.4 Å².